The first-order valence-corrected chi connectivity index (χ1v) is 13.6. The van der Waals surface area contributed by atoms with E-state index in [2.05, 4.69) is 27.3 Å². The van der Waals surface area contributed by atoms with Gasteiger partial charge in [0.2, 0.25) is 0 Å². The molecule has 1 unspecified atom stereocenters. The molecule has 1 amide bonds. The molecule has 1 fully saturated rings. The number of aromatic nitrogens is 4. The number of alkyl carbamates (subject to hydrolysis) is 1. The van der Waals surface area contributed by atoms with Gasteiger partial charge in [0.05, 0.1) is 29.0 Å². The Labute approximate surface area is 226 Å². The number of aliphatic hydroxyl groups excluding tert-OH is 1. The molecule has 0 saturated carbocycles. The summed E-state index contributed by atoms with van der Waals surface area (Å²) in [6.07, 6.45) is 3.04. The third-order valence-corrected chi connectivity index (χ3v) is 8.58. The fourth-order valence-electron chi connectivity index (χ4n) is 4.44. The number of piperidine rings is 1. The van der Waals surface area contributed by atoms with Crippen LogP contribution >= 0.6 is 23.4 Å². The van der Waals surface area contributed by atoms with Crippen LogP contribution in [0.4, 0.5) is 10.6 Å². The van der Waals surface area contributed by atoms with Gasteiger partial charge in [-0.05, 0) is 65.0 Å². The summed E-state index contributed by atoms with van der Waals surface area (Å²) in [6, 6.07) is 3.85. The molecular formula is C26H35ClN6O3S. The smallest absolute Gasteiger partial charge is 0.407 e. The van der Waals surface area contributed by atoms with Crippen molar-refractivity contribution in [2.45, 2.75) is 82.6 Å². The number of fused-ring (bicyclic) bond motifs is 1. The van der Waals surface area contributed by atoms with Crippen molar-refractivity contribution in [1.29, 1.82) is 0 Å². The van der Waals surface area contributed by atoms with Crippen LogP contribution in [0.15, 0.2) is 28.3 Å². The van der Waals surface area contributed by atoms with E-state index in [1.807, 2.05) is 46.8 Å². The van der Waals surface area contributed by atoms with Gasteiger partial charge in [-0.3, -0.25) is 5.10 Å². The first kappa shape index (κ1) is 27.5. The standard InChI is InChI=1S/C26H35ClN6O3S/c1-15-23(37-19-8-7-17-13-28-32-21(17)20(19)27)31-18(14-34)22(29-15)33-11-9-26(6,10-12-33)16(2)30-24(35)36-25(3,4)5/h7-8,13,16,34H,9-12,14H2,1-6H3,(H,28,32)(H,30,35). The Kier molecular flexibility index (Phi) is 7.92. The number of benzene rings is 1. The first-order chi connectivity index (χ1) is 17.4. The van der Waals surface area contributed by atoms with E-state index in [1.54, 1.807) is 6.20 Å². The minimum absolute atomic E-state index is 0.0506. The molecule has 9 nitrogen and oxygen atoms in total. The predicted molar refractivity (Wildman–Crippen MR) is 146 cm³/mol. The third-order valence-electron chi connectivity index (χ3n) is 6.94. The van der Waals surface area contributed by atoms with Gasteiger partial charge in [-0.2, -0.15) is 5.10 Å². The maximum atomic E-state index is 12.3. The summed E-state index contributed by atoms with van der Waals surface area (Å²) in [7, 11) is 0. The molecule has 0 spiro atoms. The average Bonchev–Trinajstić information content (AvgIpc) is 3.31. The molecule has 4 rings (SSSR count). The van der Waals surface area contributed by atoms with E-state index in [0.29, 0.717) is 21.6 Å². The number of H-pyrrole nitrogens is 1. The molecular weight excluding hydrogens is 512 g/mol. The van der Waals surface area contributed by atoms with Crippen LogP contribution in [0.3, 0.4) is 0 Å². The summed E-state index contributed by atoms with van der Waals surface area (Å²) >= 11 is 8.02. The number of aliphatic hydroxyl groups is 1. The van der Waals surface area contributed by atoms with Crippen LogP contribution in [-0.4, -0.2) is 56.1 Å². The minimum Gasteiger partial charge on any atom is -0.444 e. The Morgan fingerprint density at radius 3 is 2.68 bits per heavy atom. The average molecular weight is 547 g/mol. The third kappa shape index (κ3) is 6.13. The monoisotopic (exact) mass is 546 g/mol. The summed E-state index contributed by atoms with van der Waals surface area (Å²) in [5.74, 6) is 0.703. The fraction of sp³-hybridized carbons (Fsp3) is 0.538. The number of nitrogens with one attached hydrogen (secondary N) is 2. The topological polar surface area (TPSA) is 116 Å². The van der Waals surface area contributed by atoms with E-state index >= 15 is 0 Å². The van der Waals surface area contributed by atoms with E-state index in [9.17, 15) is 9.90 Å². The summed E-state index contributed by atoms with van der Waals surface area (Å²) in [6.45, 7) is 13.0. The van der Waals surface area contributed by atoms with Gasteiger partial charge in [0, 0.05) is 29.4 Å². The molecule has 1 aromatic carbocycles. The maximum Gasteiger partial charge on any atom is 0.407 e. The van der Waals surface area contributed by atoms with Gasteiger partial charge in [0.1, 0.15) is 16.3 Å². The molecule has 1 saturated heterocycles. The second kappa shape index (κ2) is 10.7. The van der Waals surface area contributed by atoms with E-state index < -0.39 is 11.7 Å². The summed E-state index contributed by atoms with van der Waals surface area (Å²) < 4.78 is 5.43. The molecule has 3 heterocycles. The van der Waals surface area contributed by atoms with Crippen LogP contribution in [0.25, 0.3) is 10.9 Å². The Hall–Kier alpha value is -2.56. The van der Waals surface area contributed by atoms with Crippen molar-refractivity contribution >= 4 is 46.2 Å². The van der Waals surface area contributed by atoms with Crippen LogP contribution in [0.5, 0.6) is 0 Å². The minimum atomic E-state index is -0.535. The largest absolute Gasteiger partial charge is 0.444 e. The zero-order valence-electron chi connectivity index (χ0n) is 22.2. The lowest BCUT2D eigenvalue weighted by atomic mass is 9.74. The van der Waals surface area contributed by atoms with Crippen LogP contribution in [0.1, 0.15) is 58.8 Å². The van der Waals surface area contributed by atoms with E-state index in [4.69, 9.17) is 26.3 Å². The number of hydrogen-bond donors (Lipinski definition) is 3. The lowest BCUT2D eigenvalue weighted by Gasteiger charge is -2.44. The molecule has 0 aliphatic carbocycles. The predicted octanol–water partition coefficient (Wildman–Crippen LogP) is 5.48. The van der Waals surface area contributed by atoms with Crippen molar-refractivity contribution in [3.05, 3.63) is 34.7 Å². The number of amides is 1. The number of aromatic amines is 1. The molecule has 2 aromatic heterocycles. The molecule has 0 bridgehead atoms. The highest BCUT2D eigenvalue weighted by atomic mass is 35.5. The Balaban J connectivity index is 1.47. The number of halogens is 1. The van der Waals surface area contributed by atoms with Crippen LogP contribution < -0.4 is 10.2 Å². The normalized spacial score (nSPS) is 16.6. The number of rotatable bonds is 6. The van der Waals surface area contributed by atoms with Crippen molar-refractivity contribution in [2.75, 3.05) is 18.0 Å². The molecule has 1 atom stereocenters. The van der Waals surface area contributed by atoms with Crippen molar-refractivity contribution in [1.82, 2.24) is 25.5 Å². The van der Waals surface area contributed by atoms with Crippen molar-refractivity contribution < 1.29 is 14.6 Å². The van der Waals surface area contributed by atoms with Crippen LogP contribution in [0, 0.1) is 12.3 Å². The van der Waals surface area contributed by atoms with Crippen molar-refractivity contribution in [3.8, 4) is 0 Å². The molecule has 37 heavy (non-hydrogen) atoms. The quantitative estimate of drug-likeness (QED) is 0.372. The van der Waals surface area contributed by atoms with Crippen LogP contribution in [-0.2, 0) is 11.3 Å². The van der Waals surface area contributed by atoms with Gasteiger partial charge < -0.3 is 20.1 Å². The highest BCUT2D eigenvalue weighted by Gasteiger charge is 2.37. The fourth-order valence-corrected chi connectivity index (χ4v) is 5.66. The SMILES string of the molecule is Cc1nc(N2CCC(C)(C(C)NC(=O)OC(C)(C)C)CC2)c(CO)nc1Sc1ccc2cn[nH]c2c1Cl. The second-order valence-corrected chi connectivity index (χ2v) is 12.3. The van der Waals surface area contributed by atoms with Crippen LogP contribution in [0.2, 0.25) is 5.02 Å². The Morgan fingerprint density at radius 2 is 2.03 bits per heavy atom. The highest BCUT2D eigenvalue weighted by Crippen LogP contribution is 2.39. The molecule has 0 radical (unpaired) electrons. The molecule has 11 heteroatoms. The van der Waals surface area contributed by atoms with E-state index in [1.165, 1.54) is 11.8 Å². The van der Waals surface area contributed by atoms with Crippen molar-refractivity contribution in [3.63, 3.8) is 0 Å². The summed E-state index contributed by atoms with van der Waals surface area (Å²) in [5.41, 5.74) is 1.46. The lowest BCUT2D eigenvalue weighted by molar-refractivity contribution is 0.0442. The van der Waals surface area contributed by atoms with Crippen molar-refractivity contribution in [2.24, 2.45) is 5.41 Å². The molecule has 200 valence electrons. The lowest BCUT2D eigenvalue weighted by Crippen LogP contribution is -2.51. The first-order valence-electron chi connectivity index (χ1n) is 12.4. The number of hydrogen-bond acceptors (Lipinski definition) is 8. The van der Waals surface area contributed by atoms with Gasteiger partial charge >= 0.3 is 6.09 Å². The Morgan fingerprint density at radius 1 is 1.32 bits per heavy atom. The molecule has 3 aromatic rings. The zero-order valence-corrected chi connectivity index (χ0v) is 23.8. The summed E-state index contributed by atoms with van der Waals surface area (Å²) in [4.78, 5) is 24.9. The summed E-state index contributed by atoms with van der Waals surface area (Å²) in [5, 5.41) is 22.4. The number of carbonyl (C=O) groups excluding carboxylic acids is 1. The maximum absolute atomic E-state index is 12.3. The van der Waals surface area contributed by atoms with Gasteiger partial charge in [0.15, 0.2) is 5.82 Å². The number of aryl methyl sites for hydroxylation is 1. The van der Waals surface area contributed by atoms with E-state index in [0.717, 1.165) is 47.4 Å². The molecule has 3 N–H and O–H groups in total. The molecule has 1 aliphatic rings. The highest BCUT2D eigenvalue weighted by molar-refractivity contribution is 7.99. The number of ether oxygens (including phenoxy) is 1. The van der Waals surface area contributed by atoms with Gasteiger partial charge in [-0.25, -0.2) is 14.8 Å². The van der Waals surface area contributed by atoms with Gasteiger partial charge in [-0.1, -0.05) is 30.3 Å². The number of anilines is 1. The number of carbonyl (C=O) groups is 1. The van der Waals surface area contributed by atoms with Gasteiger partial charge in [0.25, 0.3) is 0 Å². The number of nitrogens with zero attached hydrogens (tertiary/aromatic N) is 4. The van der Waals surface area contributed by atoms with Gasteiger partial charge in [-0.15, -0.1) is 0 Å². The second-order valence-electron chi connectivity index (χ2n) is 10.9. The van der Waals surface area contributed by atoms with E-state index in [-0.39, 0.29) is 18.1 Å². The Bertz CT molecular complexity index is 1280. The zero-order chi connectivity index (χ0) is 27.0. The molecule has 1 aliphatic heterocycles.